The monoisotopic (exact) mass is 384 g/mol. The van der Waals surface area contributed by atoms with Gasteiger partial charge in [-0.05, 0) is 48.4 Å². The maximum absolute atomic E-state index is 12.9. The minimum Gasteiger partial charge on any atom is -0.497 e. The summed E-state index contributed by atoms with van der Waals surface area (Å²) in [7, 11) is 4.58. The molecular formula is C21H24N2O5. The maximum Gasteiger partial charge on any atom is 0.249 e. The second-order valence-electron chi connectivity index (χ2n) is 6.50. The van der Waals surface area contributed by atoms with E-state index in [-0.39, 0.29) is 18.2 Å². The van der Waals surface area contributed by atoms with E-state index in [1.165, 1.54) is 7.11 Å². The SMILES string of the molecule is CONC(=O)[C@@H]1CCC(=O)N(c2ccc(OC)cc2)[C@@H]1c1ccc(OC)cc1. The van der Waals surface area contributed by atoms with Gasteiger partial charge in [0.15, 0.2) is 0 Å². The Kier molecular flexibility index (Phi) is 6.16. The van der Waals surface area contributed by atoms with E-state index in [1.807, 2.05) is 36.4 Å². The molecule has 148 valence electrons. The molecule has 0 unspecified atom stereocenters. The Morgan fingerprint density at radius 3 is 2.07 bits per heavy atom. The molecule has 1 saturated heterocycles. The number of nitrogens with one attached hydrogen (secondary N) is 1. The fraction of sp³-hybridized carbons (Fsp3) is 0.333. The lowest BCUT2D eigenvalue weighted by molar-refractivity contribution is -0.138. The van der Waals surface area contributed by atoms with E-state index in [0.29, 0.717) is 23.6 Å². The van der Waals surface area contributed by atoms with Crippen LogP contribution in [0.1, 0.15) is 24.4 Å². The molecule has 0 spiro atoms. The van der Waals surface area contributed by atoms with Gasteiger partial charge < -0.3 is 14.4 Å². The predicted octanol–water partition coefficient (Wildman–Crippen LogP) is 2.87. The smallest absolute Gasteiger partial charge is 0.249 e. The second kappa shape index (κ2) is 8.75. The molecule has 3 rings (SSSR count). The van der Waals surface area contributed by atoms with Gasteiger partial charge in [0, 0.05) is 12.1 Å². The summed E-state index contributed by atoms with van der Waals surface area (Å²) in [5.74, 6) is 0.664. The van der Waals surface area contributed by atoms with Crippen LogP contribution in [0.4, 0.5) is 5.69 Å². The third-order valence-corrected chi connectivity index (χ3v) is 4.94. The first-order valence-electron chi connectivity index (χ1n) is 9.02. The summed E-state index contributed by atoms with van der Waals surface area (Å²) in [6.45, 7) is 0. The van der Waals surface area contributed by atoms with Crippen molar-refractivity contribution in [2.45, 2.75) is 18.9 Å². The van der Waals surface area contributed by atoms with E-state index in [0.717, 1.165) is 5.56 Å². The zero-order valence-corrected chi connectivity index (χ0v) is 16.2. The van der Waals surface area contributed by atoms with E-state index in [2.05, 4.69) is 5.48 Å². The molecule has 1 heterocycles. The standard InChI is InChI=1S/C21H24N2O5/c1-26-16-8-4-14(5-9-16)20-18(21(25)22-28-3)12-13-19(24)23(20)15-6-10-17(27-2)11-7-15/h4-11,18,20H,12-13H2,1-3H3,(H,22,25)/t18-,20-/m1/s1. The van der Waals surface area contributed by atoms with Gasteiger partial charge in [-0.3, -0.25) is 14.4 Å². The second-order valence-corrected chi connectivity index (χ2v) is 6.50. The average molecular weight is 384 g/mol. The van der Waals surface area contributed by atoms with E-state index < -0.39 is 12.0 Å². The lowest BCUT2D eigenvalue weighted by Crippen LogP contribution is -2.48. The Hall–Kier alpha value is -3.06. The first-order valence-corrected chi connectivity index (χ1v) is 9.02. The number of carbonyl (C=O) groups is 2. The number of amides is 2. The van der Waals surface area contributed by atoms with Crippen LogP contribution in [0.3, 0.4) is 0 Å². The predicted molar refractivity (Wildman–Crippen MR) is 104 cm³/mol. The van der Waals surface area contributed by atoms with E-state index in [9.17, 15) is 9.59 Å². The number of piperidine rings is 1. The molecule has 0 aromatic heterocycles. The van der Waals surface area contributed by atoms with Gasteiger partial charge in [-0.2, -0.15) is 0 Å². The lowest BCUT2D eigenvalue weighted by Gasteiger charge is -2.40. The molecule has 7 heteroatoms. The van der Waals surface area contributed by atoms with Gasteiger partial charge in [0.2, 0.25) is 11.8 Å². The Labute approximate surface area is 164 Å². The molecule has 1 aliphatic heterocycles. The van der Waals surface area contributed by atoms with Gasteiger partial charge in [0.1, 0.15) is 11.5 Å². The summed E-state index contributed by atoms with van der Waals surface area (Å²) < 4.78 is 10.4. The average Bonchev–Trinajstić information content (AvgIpc) is 2.74. The van der Waals surface area contributed by atoms with E-state index >= 15 is 0 Å². The van der Waals surface area contributed by atoms with Crippen LogP contribution < -0.4 is 19.9 Å². The topological polar surface area (TPSA) is 77.1 Å². The summed E-state index contributed by atoms with van der Waals surface area (Å²) >= 11 is 0. The van der Waals surface area contributed by atoms with Crippen LogP contribution in [0.15, 0.2) is 48.5 Å². The molecular weight excluding hydrogens is 360 g/mol. The Balaban J connectivity index is 2.05. The van der Waals surface area contributed by atoms with Gasteiger partial charge in [-0.15, -0.1) is 0 Å². The first kappa shape index (κ1) is 19.7. The van der Waals surface area contributed by atoms with Crippen molar-refractivity contribution in [3.8, 4) is 11.5 Å². The summed E-state index contributed by atoms with van der Waals surface area (Å²) in [6.07, 6.45) is 0.720. The fourth-order valence-electron chi connectivity index (χ4n) is 3.57. The molecule has 1 fully saturated rings. The van der Waals surface area contributed by atoms with Crippen LogP contribution in [0, 0.1) is 5.92 Å². The van der Waals surface area contributed by atoms with Crippen LogP contribution in [-0.4, -0.2) is 33.1 Å². The minimum absolute atomic E-state index is 0.0348. The Morgan fingerprint density at radius 2 is 1.54 bits per heavy atom. The number of ether oxygens (including phenoxy) is 2. The zero-order chi connectivity index (χ0) is 20.1. The van der Waals surface area contributed by atoms with Crippen LogP contribution in [0.25, 0.3) is 0 Å². The number of benzene rings is 2. The first-order chi connectivity index (χ1) is 13.6. The molecule has 1 N–H and O–H groups in total. The molecule has 0 bridgehead atoms. The number of hydrogen-bond acceptors (Lipinski definition) is 5. The van der Waals surface area contributed by atoms with E-state index in [4.69, 9.17) is 14.3 Å². The van der Waals surface area contributed by atoms with Gasteiger partial charge in [-0.1, -0.05) is 12.1 Å². The number of hydroxylamine groups is 1. The van der Waals surface area contributed by atoms with Gasteiger partial charge >= 0.3 is 0 Å². The summed E-state index contributed by atoms with van der Waals surface area (Å²) in [5, 5.41) is 0. The number of methoxy groups -OCH3 is 2. The molecule has 2 atom stereocenters. The highest BCUT2D eigenvalue weighted by Crippen LogP contribution is 2.40. The van der Waals surface area contributed by atoms with Crippen molar-refractivity contribution in [3.63, 3.8) is 0 Å². The molecule has 0 saturated carbocycles. The summed E-state index contributed by atoms with van der Waals surface area (Å²) in [6, 6.07) is 14.2. The quantitative estimate of drug-likeness (QED) is 0.775. The van der Waals surface area contributed by atoms with Crippen LogP contribution in [-0.2, 0) is 14.4 Å². The maximum atomic E-state index is 12.9. The Bertz CT molecular complexity index is 820. The number of rotatable bonds is 6. The number of nitrogens with zero attached hydrogens (tertiary/aromatic N) is 1. The van der Waals surface area contributed by atoms with Gasteiger partial charge in [0.05, 0.1) is 33.3 Å². The summed E-state index contributed by atoms with van der Waals surface area (Å²) in [5.41, 5.74) is 3.98. The van der Waals surface area contributed by atoms with Crippen molar-refractivity contribution in [1.82, 2.24) is 5.48 Å². The van der Waals surface area contributed by atoms with E-state index in [1.54, 1.807) is 31.3 Å². The molecule has 2 aromatic rings. The van der Waals surface area contributed by atoms with Crippen molar-refractivity contribution < 1.29 is 23.9 Å². The largest absolute Gasteiger partial charge is 0.497 e. The van der Waals surface area contributed by atoms with Crippen LogP contribution >= 0.6 is 0 Å². The molecule has 28 heavy (non-hydrogen) atoms. The highest BCUT2D eigenvalue weighted by molar-refractivity contribution is 5.97. The lowest BCUT2D eigenvalue weighted by atomic mass is 9.83. The number of anilines is 1. The van der Waals surface area contributed by atoms with Crippen molar-refractivity contribution in [1.29, 1.82) is 0 Å². The van der Waals surface area contributed by atoms with Crippen molar-refractivity contribution in [2.24, 2.45) is 5.92 Å². The van der Waals surface area contributed by atoms with Crippen molar-refractivity contribution in [2.75, 3.05) is 26.2 Å². The molecule has 2 amide bonds. The number of carbonyl (C=O) groups excluding carboxylic acids is 2. The molecule has 7 nitrogen and oxygen atoms in total. The molecule has 2 aromatic carbocycles. The van der Waals surface area contributed by atoms with Crippen molar-refractivity contribution >= 4 is 17.5 Å². The van der Waals surface area contributed by atoms with Gasteiger partial charge in [0.25, 0.3) is 0 Å². The zero-order valence-electron chi connectivity index (χ0n) is 16.2. The number of hydrogen-bond donors (Lipinski definition) is 1. The van der Waals surface area contributed by atoms with Crippen molar-refractivity contribution in [3.05, 3.63) is 54.1 Å². The van der Waals surface area contributed by atoms with Gasteiger partial charge in [-0.25, -0.2) is 5.48 Å². The third kappa shape index (κ3) is 3.94. The highest BCUT2D eigenvalue weighted by atomic mass is 16.6. The molecule has 1 aliphatic rings. The van der Waals surface area contributed by atoms with Crippen LogP contribution in [0.5, 0.6) is 11.5 Å². The molecule has 0 aliphatic carbocycles. The highest BCUT2D eigenvalue weighted by Gasteiger charge is 2.41. The molecule has 0 radical (unpaired) electrons. The minimum atomic E-state index is -0.462. The van der Waals surface area contributed by atoms with Crippen LogP contribution in [0.2, 0.25) is 0 Å². The third-order valence-electron chi connectivity index (χ3n) is 4.94. The normalized spacial score (nSPS) is 19.2. The summed E-state index contributed by atoms with van der Waals surface area (Å²) in [4.78, 5) is 32.1. The fourth-order valence-corrected chi connectivity index (χ4v) is 3.57. The Morgan fingerprint density at radius 1 is 0.964 bits per heavy atom.